The Hall–Kier alpha value is -3.42. The minimum absolute atomic E-state index is 0.262. The fourth-order valence-electron chi connectivity index (χ4n) is 2.09. The summed E-state index contributed by atoms with van der Waals surface area (Å²) in [6, 6.07) is 10.8. The van der Waals surface area contributed by atoms with E-state index in [2.05, 4.69) is 20.9 Å². The number of amides is 3. The second-order valence-electron chi connectivity index (χ2n) is 5.19. The molecule has 1 aromatic heterocycles. The largest absolute Gasteiger partial charge is 0.480 e. The molecule has 0 spiro atoms. The SMILES string of the molecule is O=C(O)CNC(=O)NC(Cc1ccccc1)C(=O)Nc1ccncc1. The van der Waals surface area contributed by atoms with Crippen LogP contribution in [0.1, 0.15) is 5.56 Å². The highest BCUT2D eigenvalue weighted by molar-refractivity contribution is 5.97. The van der Waals surface area contributed by atoms with Gasteiger partial charge in [0.25, 0.3) is 0 Å². The molecule has 130 valence electrons. The van der Waals surface area contributed by atoms with Gasteiger partial charge in [-0.15, -0.1) is 0 Å². The van der Waals surface area contributed by atoms with Crippen LogP contribution in [0.5, 0.6) is 0 Å². The van der Waals surface area contributed by atoms with E-state index in [1.165, 1.54) is 12.4 Å². The Bertz CT molecular complexity index is 722. The van der Waals surface area contributed by atoms with Gasteiger partial charge in [0.15, 0.2) is 0 Å². The number of anilines is 1. The number of carbonyl (C=O) groups is 3. The Morgan fingerprint density at radius 3 is 2.36 bits per heavy atom. The molecule has 0 aliphatic carbocycles. The molecule has 4 N–H and O–H groups in total. The summed E-state index contributed by atoms with van der Waals surface area (Å²) in [5.74, 6) is -1.59. The Kier molecular flexibility index (Phi) is 6.47. The van der Waals surface area contributed by atoms with Crippen molar-refractivity contribution in [3.05, 3.63) is 60.4 Å². The third-order valence-corrected chi connectivity index (χ3v) is 3.25. The third kappa shape index (κ3) is 6.30. The number of benzene rings is 1. The summed E-state index contributed by atoms with van der Waals surface area (Å²) in [6.45, 7) is -0.532. The minimum Gasteiger partial charge on any atom is -0.480 e. The number of nitrogens with zero attached hydrogens (tertiary/aromatic N) is 1. The average molecular weight is 342 g/mol. The molecule has 8 nitrogen and oxygen atoms in total. The van der Waals surface area contributed by atoms with Crippen molar-refractivity contribution in [3.8, 4) is 0 Å². The first kappa shape index (κ1) is 17.9. The van der Waals surface area contributed by atoms with Crippen molar-refractivity contribution >= 4 is 23.6 Å². The first-order chi connectivity index (χ1) is 12.0. The number of hydrogen-bond acceptors (Lipinski definition) is 4. The molecule has 0 fully saturated rings. The standard InChI is InChI=1S/C17H18N4O4/c22-15(23)11-19-17(25)21-14(10-12-4-2-1-3-5-12)16(24)20-13-6-8-18-9-7-13/h1-9,14H,10-11H2,(H,22,23)(H,18,20,24)(H2,19,21,25). The van der Waals surface area contributed by atoms with E-state index in [1.807, 2.05) is 30.3 Å². The normalized spacial score (nSPS) is 11.2. The lowest BCUT2D eigenvalue weighted by Crippen LogP contribution is -2.50. The first-order valence-electron chi connectivity index (χ1n) is 7.55. The van der Waals surface area contributed by atoms with E-state index in [-0.39, 0.29) is 6.42 Å². The molecule has 0 aliphatic rings. The molecular formula is C17H18N4O4. The number of carboxylic acids is 1. The van der Waals surface area contributed by atoms with Gasteiger partial charge in [-0.2, -0.15) is 0 Å². The summed E-state index contributed by atoms with van der Waals surface area (Å²) in [6.07, 6.45) is 3.34. The van der Waals surface area contributed by atoms with Crippen molar-refractivity contribution in [1.29, 1.82) is 0 Å². The second kappa shape index (κ2) is 9.02. The first-order valence-corrected chi connectivity index (χ1v) is 7.55. The van der Waals surface area contributed by atoms with Crippen LogP contribution in [0.25, 0.3) is 0 Å². The van der Waals surface area contributed by atoms with Crippen LogP contribution in [-0.2, 0) is 16.0 Å². The lowest BCUT2D eigenvalue weighted by molar-refractivity contribution is -0.135. The van der Waals surface area contributed by atoms with Crippen molar-refractivity contribution in [2.75, 3.05) is 11.9 Å². The number of aromatic nitrogens is 1. The van der Waals surface area contributed by atoms with Crippen molar-refractivity contribution in [2.24, 2.45) is 0 Å². The number of carbonyl (C=O) groups excluding carboxylic acids is 2. The molecule has 0 aliphatic heterocycles. The zero-order chi connectivity index (χ0) is 18.1. The van der Waals surface area contributed by atoms with Crippen molar-refractivity contribution in [1.82, 2.24) is 15.6 Å². The van der Waals surface area contributed by atoms with Gasteiger partial charge in [0.2, 0.25) is 5.91 Å². The highest BCUT2D eigenvalue weighted by Gasteiger charge is 2.21. The Balaban J connectivity index is 2.06. The molecular weight excluding hydrogens is 324 g/mol. The maximum Gasteiger partial charge on any atom is 0.323 e. The summed E-state index contributed by atoms with van der Waals surface area (Å²) in [4.78, 5) is 38.7. The number of hydrogen-bond donors (Lipinski definition) is 4. The van der Waals surface area contributed by atoms with Gasteiger partial charge in [-0.1, -0.05) is 30.3 Å². The van der Waals surface area contributed by atoms with E-state index in [9.17, 15) is 14.4 Å². The molecule has 2 rings (SSSR count). The van der Waals surface area contributed by atoms with E-state index >= 15 is 0 Å². The van der Waals surface area contributed by atoms with Gasteiger partial charge >= 0.3 is 12.0 Å². The van der Waals surface area contributed by atoms with Gasteiger partial charge < -0.3 is 21.1 Å². The maximum absolute atomic E-state index is 12.5. The summed E-state index contributed by atoms with van der Waals surface area (Å²) >= 11 is 0. The van der Waals surface area contributed by atoms with E-state index in [4.69, 9.17) is 5.11 Å². The van der Waals surface area contributed by atoms with Crippen LogP contribution >= 0.6 is 0 Å². The lowest BCUT2D eigenvalue weighted by Gasteiger charge is -2.18. The Labute approximate surface area is 144 Å². The van der Waals surface area contributed by atoms with Crippen LogP contribution < -0.4 is 16.0 Å². The molecule has 0 bridgehead atoms. The van der Waals surface area contributed by atoms with Gasteiger partial charge in [-0.25, -0.2) is 4.79 Å². The summed E-state index contributed by atoms with van der Waals surface area (Å²) in [7, 11) is 0. The number of aliphatic carboxylic acids is 1. The van der Waals surface area contributed by atoms with Gasteiger partial charge in [0.1, 0.15) is 12.6 Å². The quantitative estimate of drug-likeness (QED) is 0.599. The van der Waals surface area contributed by atoms with Gasteiger partial charge in [0.05, 0.1) is 0 Å². The second-order valence-corrected chi connectivity index (χ2v) is 5.19. The minimum atomic E-state index is -1.17. The molecule has 2 aromatic rings. The fraction of sp³-hybridized carbons (Fsp3) is 0.176. The Morgan fingerprint density at radius 1 is 1.04 bits per heavy atom. The van der Waals surface area contributed by atoms with E-state index in [0.29, 0.717) is 5.69 Å². The molecule has 3 amide bonds. The number of pyridine rings is 1. The van der Waals surface area contributed by atoms with Gasteiger partial charge in [0, 0.05) is 24.5 Å². The molecule has 1 heterocycles. The molecule has 25 heavy (non-hydrogen) atoms. The highest BCUT2D eigenvalue weighted by Crippen LogP contribution is 2.08. The van der Waals surface area contributed by atoms with Crippen molar-refractivity contribution in [2.45, 2.75) is 12.5 Å². The summed E-state index contributed by atoms with van der Waals surface area (Å²) in [5.41, 5.74) is 1.40. The molecule has 1 unspecified atom stereocenters. The number of carboxylic acid groups (broad SMARTS) is 1. The zero-order valence-corrected chi connectivity index (χ0v) is 13.3. The molecule has 0 saturated heterocycles. The summed E-state index contributed by atoms with van der Waals surface area (Å²) in [5, 5.41) is 16.0. The lowest BCUT2D eigenvalue weighted by atomic mass is 10.1. The maximum atomic E-state index is 12.5. The summed E-state index contributed by atoms with van der Waals surface area (Å²) < 4.78 is 0. The van der Waals surface area contributed by atoms with Crippen LogP contribution in [0.3, 0.4) is 0 Å². The Morgan fingerprint density at radius 2 is 1.72 bits per heavy atom. The smallest absolute Gasteiger partial charge is 0.323 e. The van der Waals surface area contributed by atoms with Crippen LogP contribution in [0.4, 0.5) is 10.5 Å². The van der Waals surface area contributed by atoms with E-state index in [1.54, 1.807) is 12.1 Å². The highest BCUT2D eigenvalue weighted by atomic mass is 16.4. The van der Waals surface area contributed by atoms with Gasteiger partial charge in [-0.05, 0) is 17.7 Å². The third-order valence-electron chi connectivity index (χ3n) is 3.25. The molecule has 1 atom stereocenters. The topological polar surface area (TPSA) is 120 Å². The molecule has 0 saturated carbocycles. The van der Waals surface area contributed by atoms with E-state index < -0.39 is 30.5 Å². The zero-order valence-electron chi connectivity index (χ0n) is 13.3. The predicted molar refractivity (Wildman–Crippen MR) is 91.0 cm³/mol. The van der Waals surface area contributed by atoms with E-state index in [0.717, 1.165) is 5.56 Å². The van der Waals surface area contributed by atoms with Crippen LogP contribution in [0.15, 0.2) is 54.9 Å². The van der Waals surface area contributed by atoms with Crippen molar-refractivity contribution in [3.63, 3.8) is 0 Å². The fourth-order valence-corrected chi connectivity index (χ4v) is 2.09. The van der Waals surface area contributed by atoms with Crippen molar-refractivity contribution < 1.29 is 19.5 Å². The predicted octanol–water partition coefficient (Wildman–Crippen LogP) is 1.02. The number of nitrogens with one attached hydrogen (secondary N) is 3. The van der Waals surface area contributed by atoms with Crippen LogP contribution in [0, 0.1) is 0 Å². The molecule has 0 radical (unpaired) electrons. The molecule has 1 aromatic carbocycles. The number of urea groups is 1. The average Bonchev–Trinajstić information content (AvgIpc) is 2.61. The molecule has 8 heteroatoms. The van der Waals surface area contributed by atoms with Crippen LogP contribution in [0.2, 0.25) is 0 Å². The van der Waals surface area contributed by atoms with Gasteiger partial charge in [-0.3, -0.25) is 14.6 Å². The monoisotopic (exact) mass is 342 g/mol. The van der Waals surface area contributed by atoms with Crippen LogP contribution in [-0.4, -0.2) is 40.6 Å². The number of rotatable bonds is 7.